The molecule has 0 bridgehead atoms. The SMILES string of the molecule is C/C=c1/oc2cc(C)ccc2/c1=C/CCC. The van der Waals surface area contributed by atoms with E-state index in [1.165, 1.54) is 22.6 Å². The Labute approximate surface area is 96.1 Å². The van der Waals surface area contributed by atoms with Crippen molar-refractivity contribution in [1.29, 1.82) is 0 Å². The van der Waals surface area contributed by atoms with Gasteiger partial charge in [0.1, 0.15) is 11.0 Å². The van der Waals surface area contributed by atoms with Crippen LogP contribution < -0.4 is 10.6 Å². The average molecular weight is 214 g/mol. The van der Waals surface area contributed by atoms with E-state index in [1.54, 1.807) is 0 Å². The fourth-order valence-corrected chi connectivity index (χ4v) is 1.96. The van der Waals surface area contributed by atoms with Crippen molar-refractivity contribution in [3.63, 3.8) is 0 Å². The summed E-state index contributed by atoms with van der Waals surface area (Å²) in [7, 11) is 0. The number of hydrogen-bond donors (Lipinski definition) is 0. The van der Waals surface area contributed by atoms with Crippen LogP contribution in [0.1, 0.15) is 32.3 Å². The maximum atomic E-state index is 5.84. The number of rotatable bonds is 2. The Morgan fingerprint density at radius 2 is 2.12 bits per heavy atom. The molecular formula is C15H18O. The fourth-order valence-electron chi connectivity index (χ4n) is 1.96. The van der Waals surface area contributed by atoms with E-state index in [4.69, 9.17) is 4.42 Å². The van der Waals surface area contributed by atoms with Crippen LogP contribution in [0.3, 0.4) is 0 Å². The Morgan fingerprint density at radius 3 is 2.81 bits per heavy atom. The summed E-state index contributed by atoms with van der Waals surface area (Å²) in [5, 5.41) is 2.48. The van der Waals surface area contributed by atoms with Gasteiger partial charge in [-0.1, -0.05) is 31.6 Å². The second-order valence-electron chi connectivity index (χ2n) is 4.16. The van der Waals surface area contributed by atoms with Crippen molar-refractivity contribution in [2.24, 2.45) is 0 Å². The first-order valence-corrected chi connectivity index (χ1v) is 5.92. The third-order valence-corrected chi connectivity index (χ3v) is 2.81. The lowest BCUT2D eigenvalue weighted by Gasteiger charge is -1.90. The number of aryl methyl sites for hydroxylation is 1. The van der Waals surface area contributed by atoms with Gasteiger partial charge < -0.3 is 4.42 Å². The Balaban J connectivity index is 2.79. The van der Waals surface area contributed by atoms with Crippen LogP contribution in [0, 0.1) is 6.92 Å². The highest BCUT2D eigenvalue weighted by atomic mass is 16.3. The molecule has 0 aliphatic rings. The molecule has 16 heavy (non-hydrogen) atoms. The molecule has 0 aliphatic carbocycles. The smallest absolute Gasteiger partial charge is 0.135 e. The lowest BCUT2D eigenvalue weighted by atomic mass is 10.1. The lowest BCUT2D eigenvalue weighted by Crippen LogP contribution is -2.19. The summed E-state index contributed by atoms with van der Waals surface area (Å²) in [5.74, 6) is 0. The van der Waals surface area contributed by atoms with E-state index in [-0.39, 0.29) is 0 Å². The highest BCUT2D eigenvalue weighted by molar-refractivity contribution is 5.79. The molecule has 84 valence electrons. The van der Waals surface area contributed by atoms with E-state index in [1.807, 2.05) is 13.0 Å². The zero-order valence-electron chi connectivity index (χ0n) is 10.2. The van der Waals surface area contributed by atoms with Crippen molar-refractivity contribution in [1.82, 2.24) is 0 Å². The van der Waals surface area contributed by atoms with Gasteiger partial charge in [0.2, 0.25) is 0 Å². The van der Waals surface area contributed by atoms with Gasteiger partial charge in [0.15, 0.2) is 0 Å². The Kier molecular flexibility index (Phi) is 3.14. The summed E-state index contributed by atoms with van der Waals surface area (Å²) < 4.78 is 5.84. The van der Waals surface area contributed by atoms with Crippen molar-refractivity contribution in [2.45, 2.75) is 33.6 Å². The van der Waals surface area contributed by atoms with Gasteiger partial charge in [0.05, 0.1) is 0 Å². The van der Waals surface area contributed by atoms with Crippen LogP contribution in [-0.4, -0.2) is 0 Å². The molecule has 0 saturated heterocycles. The Morgan fingerprint density at radius 1 is 1.31 bits per heavy atom. The summed E-state index contributed by atoms with van der Waals surface area (Å²) >= 11 is 0. The highest BCUT2D eigenvalue weighted by Crippen LogP contribution is 2.10. The molecule has 0 fully saturated rings. The molecule has 0 unspecified atom stereocenters. The van der Waals surface area contributed by atoms with Crippen molar-refractivity contribution in [3.05, 3.63) is 34.4 Å². The number of fused-ring (bicyclic) bond motifs is 1. The molecule has 0 N–H and O–H groups in total. The molecule has 0 amide bonds. The summed E-state index contributed by atoms with van der Waals surface area (Å²) in [6.45, 7) is 6.30. The monoisotopic (exact) mass is 214 g/mol. The minimum atomic E-state index is 0.994. The molecule has 0 atom stereocenters. The van der Waals surface area contributed by atoms with E-state index < -0.39 is 0 Å². The van der Waals surface area contributed by atoms with Crippen LogP contribution >= 0.6 is 0 Å². The van der Waals surface area contributed by atoms with Crippen molar-refractivity contribution in [2.75, 3.05) is 0 Å². The van der Waals surface area contributed by atoms with Crippen molar-refractivity contribution in [3.8, 4) is 0 Å². The third-order valence-electron chi connectivity index (χ3n) is 2.81. The van der Waals surface area contributed by atoms with Crippen LogP contribution in [0.25, 0.3) is 23.1 Å². The summed E-state index contributed by atoms with van der Waals surface area (Å²) in [6, 6.07) is 6.40. The van der Waals surface area contributed by atoms with E-state index in [0.717, 1.165) is 17.4 Å². The first kappa shape index (κ1) is 11.0. The van der Waals surface area contributed by atoms with Gasteiger partial charge in [0, 0.05) is 10.6 Å². The summed E-state index contributed by atoms with van der Waals surface area (Å²) in [4.78, 5) is 0. The van der Waals surface area contributed by atoms with Crippen LogP contribution in [0.15, 0.2) is 22.6 Å². The summed E-state index contributed by atoms with van der Waals surface area (Å²) in [6.07, 6.45) is 6.58. The summed E-state index contributed by atoms with van der Waals surface area (Å²) in [5.41, 5.74) is 3.23. The third kappa shape index (κ3) is 1.90. The van der Waals surface area contributed by atoms with Gasteiger partial charge in [-0.15, -0.1) is 0 Å². The minimum Gasteiger partial charge on any atom is -0.456 e. The maximum Gasteiger partial charge on any atom is 0.135 e. The lowest BCUT2D eigenvalue weighted by molar-refractivity contribution is 0.574. The van der Waals surface area contributed by atoms with Gasteiger partial charge in [-0.25, -0.2) is 0 Å². The predicted molar refractivity (Wildman–Crippen MR) is 69.7 cm³/mol. The van der Waals surface area contributed by atoms with Crippen molar-refractivity contribution < 1.29 is 4.42 Å². The van der Waals surface area contributed by atoms with Crippen molar-refractivity contribution >= 4 is 23.1 Å². The molecule has 1 heteroatoms. The number of hydrogen-bond acceptors (Lipinski definition) is 1. The molecule has 1 heterocycles. The van der Waals surface area contributed by atoms with E-state index in [0.29, 0.717) is 0 Å². The molecule has 0 radical (unpaired) electrons. The quantitative estimate of drug-likeness (QED) is 0.748. The zero-order valence-corrected chi connectivity index (χ0v) is 10.2. The first-order valence-electron chi connectivity index (χ1n) is 5.92. The fraction of sp³-hybridized carbons (Fsp3) is 0.333. The van der Waals surface area contributed by atoms with Gasteiger partial charge in [-0.05, 0) is 38.0 Å². The van der Waals surface area contributed by atoms with Crippen LogP contribution in [0.4, 0.5) is 0 Å². The topological polar surface area (TPSA) is 13.1 Å². The normalized spacial score (nSPS) is 13.9. The van der Waals surface area contributed by atoms with Crippen LogP contribution in [0.5, 0.6) is 0 Å². The van der Waals surface area contributed by atoms with Gasteiger partial charge in [-0.3, -0.25) is 0 Å². The highest BCUT2D eigenvalue weighted by Gasteiger charge is 2.01. The molecule has 1 aromatic carbocycles. The van der Waals surface area contributed by atoms with Crippen LogP contribution in [-0.2, 0) is 0 Å². The number of furan rings is 1. The number of unbranched alkanes of at least 4 members (excludes halogenated alkanes) is 1. The molecule has 2 aromatic rings. The second-order valence-corrected chi connectivity index (χ2v) is 4.16. The average Bonchev–Trinajstić information content (AvgIpc) is 2.63. The predicted octanol–water partition coefficient (Wildman–Crippen LogP) is 3.12. The van der Waals surface area contributed by atoms with E-state index in [2.05, 4.69) is 38.1 Å². The Hall–Kier alpha value is -1.50. The standard InChI is InChI=1S/C15H18O/c1-4-6-7-12-13-9-8-11(3)10-15(13)16-14(12)5-2/h5,7-10H,4,6H2,1-3H3/b12-7-,14-5+. The minimum absolute atomic E-state index is 0.994. The molecule has 0 saturated carbocycles. The molecule has 0 aliphatic heterocycles. The van der Waals surface area contributed by atoms with Gasteiger partial charge in [-0.2, -0.15) is 0 Å². The van der Waals surface area contributed by atoms with Gasteiger partial charge >= 0.3 is 0 Å². The van der Waals surface area contributed by atoms with Gasteiger partial charge in [0.25, 0.3) is 0 Å². The van der Waals surface area contributed by atoms with E-state index >= 15 is 0 Å². The molecule has 1 nitrogen and oxygen atoms in total. The Bertz CT molecular complexity index is 602. The molecule has 0 spiro atoms. The molecule has 1 aromatic heterocycles. The van der Waals surface area contributed by atoms with E-state index in [9.17, 15) is 0 Å². The maximum absolute atomic E-state index is 5.84. The number of benzene rings is 1. The second kappa shape index (κ2) is 4.56. The largest absolute Gasteiger partial charge is 0.456 e. The zero-order chi connectivity index (χ0) is 11.5. The van der Waals surface area contributed by atoms with Crippen LogP contribution in [0.2, 0.25) is 0 Å². The molecule has 2 rings (SSSR count). The molecular weight excluding hydrogens is 196 g/mol. The first-order chi connectivity index (χ1) is 7.76.